The second-order valence-corrected chi connectivity index (χ2v) is 8.67. The summed E-state index contributed by atoms with van der Waals surface area (Å²) >= 11 is 0. The van der Waals surface area contributed by atoms with Crippen LogP contribution in [0.4, 0.5) is 0 Å². The standard InChI is InChI=1S/C18H24N4O4S/c1-14(23)21(2)11-10-17-19-18(26-20-17)15-8-12-22(13-9-15)27(24,25)16-6-4-3-5-7-16/h3-7,15H,8-13H2,1-2H3. The molecule has 0 radical (unpaired) electrons. The summed E-state index contributed by atoms with van der Waals surface area (Å²) in [7, 11) is -1.73. The van der Waals surface area contributed by atoms with Crippen LogP contribution in [0.15, 0.2) is 39.8 Å². The van der Waals surface area contributed by atoms with Gasteiger partial charge in [0.15, 0.2) is 5.82 Å². The highest BCUT2D eigenvalue weighted by atomic mass is 32.2. The Morgan fingerprint density at radius 1 is 1.26 bits per heavy atom. The van der Waals surface area contributed by atoms with Crippen molar-refractivity contribution < 1.29 is 17.7 Å². The molecular formula is C18H24N4O4S. The summed E-state index contributed by atoms with van der Waals surface area (Å²) in [5, 5.41) is 3.98. The van der Waals surface area contributed by atoms with Gasteiger partial charge in [-0.1, -0.05) is 23.4 Å². The van der Waals surface area contributed by atoms with Gasteiger partial charge in [0.1, 0.15) is 0 Å². The number of nitrogens with zero attached hydrogens (tertiary/aromatic N) is 4. The van der Waals surface area contributed by atoms with Gasteiger partial charge in [-0.2, -0.15) is 9.29 Å². The van der Waals surface area contributed by atoms with Gasteiger partial charge in [-0.05, 0) is 25.0 Å². The number of carbonyl (C=O) groups is 1. The number of benzene rings is 1. The van der Waals surface area contributed by atoms with E-state index in [-0.39, 0.29) is 11.8 Å². The van der Waals surface area contributed by atoms with Crippen molar-refractivity contribution in [2.75, 3.05) is 26.7 Å². The summed E-state index contributed by atoms with van der Waals surface area (Å²) in [6.07, 6.45) is 1.81. The lowest BCUT2D eigenvalue weighted by Gasteiger charge is -2.29. The van der Waals surface area contributed by atoms with E-state index < -0.39 is 10.0 Å². The third kappa shape index (κ3) is 4.54. The number of likely N-dealkylation sites (N-methyl/N-ethyl adjacent to an activating group) is 1. The Morgan fingerprint density at radius 2 is 1.93 bits per heavy atom. The van der Waals surface area contributed by atoms with Crippen molar-refractivity contribution in [2.45, 2.75) is 37.0 Å². The van der Waals surface area contributed by atoms with Crippen LogP contribution in [0.5, 0.6) is 0 Å². The van der Waals surface area contributed by atoms with Gasteiger partial charge in [0, 0.05) is 45.9 Å². The van der Waals surface area contributed by atoms with Crippen LogP contribution in [0.2, 0.25) is 0 Å². The van der Waals surface area contributed by atoms with Crippen LogP contribution in [0.25, 0.3) is 0 Å². The van der Waals surface area contributed by atoms with E-state index in [1.54, 1.807) is 42.3 Å². The van der Waals surface area contributed by atoms with Crippen molar-refractivity contribution in [1.82, 2.24) is 19.3 Å². The summed E-state index contributed by atoms with van der Waals surface area (Å²) < 4.78 is 32.2. The summed E-state index contributed by atoms with van der Waals surface area (Å²) in [5.41, 5.74) is 0. The van der Waals surface area contributed by atoms with Gasteiger partial charge in [-0.3, -0.25) is 4.79 Å². The third-order valence-corrected chi connectivity index (χ3v) is 6.79. The van der Waals surface area contributed by atoms with E-state index >= 15 is 0 Å². The van der Waals surface area contributed by atoms with Gasteiger partial charge in [-0.15, -0.1) is 0 Å². The monoisotopic (exact) mass is 392 g/mol. The lowest BCUT2D eigenvalue weighted by atomic mass is 9.98. The molecule has 8 nitrogen and oxygen atoms in total. The molecule has 0 saturated carbocycles. The van der Waals surface area contributed by atoms with Gasteiger partial charge in [0.2, 0.25) is 21.8 Å². The predicted octanol–water partition coefficient (Wildman–Crippen LogP) is 1.66. The maximum absolute atomic E-state index is 12.7. The van der Waals surface area contributed by atoms with Crippen LogP contribution in [0.3, 0.4) is 0 Å². The molecule has 1 aromatic heterocycles. The van der Waals surface area contributed by atoms with E-state index in [9.17, 15) is 13.2 Å². The zero-order chi connectivity index (χ0) is 19.4. The Kier molecular flexibility index (Phi) is 5.91. The summed E-state index contributed by atoms with van der Waals surface area (Å²) in [6, 6.07) is 8.48. The number of hydrogen-bond acceptors (Lipinski definition) is 6. The molecule has 2 aromatic rings. The molecule has 146 valence electrons. The second-order valence-electron chi connectivity index (χ2n) is 6.73. The van der Waals surface area contributed by atoms with E-state index in [1.165, 1.54) is 11.2 Å². The first-order valence-electron chi connectivity index (χ1n) is 8.97. The molecule has 0 bridgehead atoms. The van der Waals surface area contributed by atoms with Gasteiger partial charge in [0.25, 0.3) is 0 Å². The van der Waals surface area contributed by atoms with E-state index in [2.05, 4.69) is 10.1 Å². The lowest BCUT2D eigenvalue weighted by molar-refractivity contribution is -0.127. The van der Waals surface area contributed by atoms with Crippen molar-refractivity contribution in [3.8, 4) is 0 Å². The average Bonchev–Trinajstić information content (AvgIpc) is 3.16. The number of piperidine rings is 1. The van der Waals surface area contributed by atoms with Crippen LogP contribution in [-0.2, 0) is 21.2 Å². The maximum Gasteiger partial charge on any atom is 0.243 e. The Morgan fingerprint density at radius 3 is 2.56 bits per heavy atom. The van der Waals surface area contributed by atoms with Gasteiger partial charge < -0.3 is 9.42 Å². The van der Waals surface area contributed by atoms with E-state index in [4.69, 9.17) is 4.52 Å². The zero-order valence-electron chi connectivity index (χ0n) is 15.5. The molecule has 3 rings (SSSR count). The highest BCUT2D eigenvalue weighted by molar-refractivity contribution is 7.89. The number of amides is 1. The van der Waals surface area contributed by atoms with Crippen molar-refractivity contribution in [2.24, 2.45) is 0 Å². The Labute approximate surface area is 159 Å². The quantitative estimate of drug-likeness (QED) is 0.742. The van der Waals surface area contributed by atoms with Crippen LogP contribution in [0.1, 0.15) is 37.4 Å². The van der Waals surface area contributed by atoms with E-state index in [0.29, 0.717) is 55.5 Å². The van der Waals surface area contributed by atoms with Gasteiger partial charge >= 0.3 is 0 Å². The van der Waals surface area contributed by atoms with Gasteiger partial charge in [-0.25, -0.2) is 8.42 Å². The number of hydrogen-bond donors (Lipinski definition) is 0. The predicted molar refractivity (Wildman–Crippen MR) is 98.5 cm³/mol. The zero-order valence-corrected chi connectivity index (χ0v) is 16.4. The molecule has 1 aliphatic rings. The Bertz CT molecular complexity index is 874. The average molecular weight is 392 g/mol. The first kappa shape index (κ1) is 19.5. The molecule has 1 amide bonds. The molecule has 1 aromatic carbocycles. The molecule has 9 heteroatoms. The van der Waals surface area contributed by atoms with Crippen molar-refractivity contribution in [3.63, 3.8) is 0 Å². The molecule has 1 saturated heterocycles. The van der Waals surface area contributed by atoms with Crippen LogP contribution in [0, 0.1) is 0 Å². The molecule has 0 atom stereocenters. The molecule has 1 fully saturated rings. The minimum absolute atomic E-state index is 0.00860. The topological polar surface area (TPSA) is 96.6 Å². The van der Waals surface area contributed by atoms with Crippen molar-refractivity contribution in [1.29, 1.82) is 0 Å². The molecule has 0 unspecified atom stereocenters. The number of carbonyl (C=O) groups excluding carboxylic acids is 1. The smallest absolute Gasteiger partial charge is 0.243 e. The van der Waals surface area contributed by atoms with E-state index in [0.717, 1.165) is 0 Å². The maximum atomic E-state index is 12.7. The molecule has 0 aliphatic carbocycles. The molecular weight excluding hydrogens is 368 g/mol. The fraction of sp³-hybridized carbons (Fsp3) is 0.500. The van der Waals surface area contributed by atoms with Crippen LogP contribution < -0.4 is 0 Å². The fourth-order valence-electron chi connectivity index (χ4n) is 3.04. The first-order chi connectivity index (χ1) is 12.9. The number of aromatic nitrogens is 2. The van der Waals surface area contributed by atoms with Crippen LogP contribution >= 0.6 is 0 Å². The first-order valence-corrected chi connectivity index (χ1v) is 10.4. The summed E-state index contributed by atoms with van der Waals surface area (Å²) in [4.78, 5) is 17.6. The third-order valence-electron chi connectivity index (χ3n) is 4.88. The van der Waals surface area contributed by atoms with Crippen LogP contribution in [-0.4, -0.2) is 60.4 Å². The summed E-state index contributed by atoms with van der Waals surface area (Å²) in [5.74, 6) is 1.16. The molecule has 2 heterocycles. The van der Waals surface area contributed by atoms with Gasteiger partial charge in [0.05, 0.1) is 4.90 Å². The highest BCUT2D eigenvalue weighted by Crippen LogP contribution is 2.29. The Balaban J connectivity index is 1.57. The number of rotatable bonds is 6. The normalized spacial score (nSPS) is 16.4. The van der Waals surface area contributed by atoms with Crippen molar-refractivity contribution >= 4 is 15.9 Å². The lowest BCUT2D eigenvalue weighted by Crippen LogP contribution is -2.37. The SMILES string of the molecule is CC(=O)N(C)CCc1noc(C2CCN(S(=O)(=O)c3ccccc3)CC2)n1. The number of sulfonamides is 1. The minimum Gasteiger partial charge on any atom is -0.346 e. The second kappa shape index (κ2) is 8.18. The molecule has 0 spiro atoms. The summed E-state index contributed by atoms with van der Waals surface area (Å²) in [6.45, 7) is 2.89. The molecule has 0 N–H and O–H groups in total. The van der Waals surface area contributed by atoms with Crippen molar-refractivity contribution in [3.05, 3.63) is 42.0 Å². The molecule has 1 aliphatic heterocycles. The highest BCUT2D eigenvalue weighted by Gasteiger charge is 2.32. The largest absolute Gasteiger partial charge is 0.346 e. The Hall–Kier alpha value is -2.26. The fourth-order valence-corrected chi connectivity index (χ4v) is 4.54. The minimum atomic E-state index is -3.46. The molecule has 27 heavy (non-hydrogen) atoms. The van der Waals surface area contributed by atoms with E-state index in [1.807, 2.05) is 0 Å².